The summed E-state index contributed by atoms with van der Waals surface area (Å²) < 4.78 is 0. The molecule has 110 valence electrons. The first-order valence-corrected chi connectivity index (χ1v) is 7.93. The molecule has 4 nitrogen and oxygen atoms in total. The molecule has 2 N–H and O–H groups in total. The number of hydrogen-bond acceptors (Lipinski definition) is 3. The summed E-state index contributed by atoms with van der Waals surface area (Å²) in [5.74, 6) is 0.896. The molecule has 1 aliphatic heterocycles. The van der Waals surface area contributed by atoms with Gasteiger partial charge < -0.3 is 10.6 Å². The van der Waals surface area contributed by atoms with Gasteiger partial charge in [-0.05, 0) is 32.6 Å². The molecule has 2 aliphatic rings. The average Bonchev–Trinajstić information content (AvgIpc) is 2.48. The summed E-state index contributed by atoms with van der Waals surface area (Å²) in [6, 6.07) is 0.339. The zero-order valence-electron chi connectivity index (χ0n) is 12.5. The topological polar surface area (TPSA) is 44.4 Å². The minimum atomic E-state index is 0.00754. The van der Waals surface area contributed by atoms with Crippen LogP contribution in [0.25, 0.3) is 0 Å². The largest absolute Gasteiger partial charge is 0.352 e. The molecule has 4 heteroatoms. The molecule has 2 rings (SSSR count). The first-order valence-electron chi connectivity index (χ1n) is 7.93. The van der Waals surface area contributed by atoms with Crippen molar-refractivity contribution >= 4 is 5.91 Å². The van der Waals surface area contributed by atoms with Gasteiger partial charge in [-0.1, -0.05) is 19.3 Å². The van der Waals surface area contributed by atoms with Gasteiger partial charge in [-0.3, -0.25) is 9.69 Å². The Morgan fingerprint density at radius 1 is 1.16 bits per heavy atom. The third kappa shape index (κ3) is 4.18. The lowest BCUT2D eigenvalue weighted by Gasteiger charge is -2.34. The highest BCUT2D eigenvalue weighted by Gasteiger charge is 2.26. The second-order valence-corrected chi connectivity index (χ2v) is 6.16. The van der Waals surface area contributed by atoms with Gasteiger partial charge in [0.25, 0.3) is 0 Å². The van der Waals surface area contributed by atoms with Gasteiger partial charge >= 0.3 is 0 Å². The minimum Gasteiger partial charge on any atom is -0.352 e. The van der Waals surface area contributed by atoms with Crippen molar-refractivity contribution in [3.05, 3.63) is 0 Å². The number of carbonyl (C=O) groups excluding carboxylic acids is 1. The minimum absolute atomic E-state index is 0.00754. The first-order chi connectivity index (χ1) is 9.18. The standard InChI is InChI=1S/C15H29N3O/c1-12(14-6-4-3-5-7-14)17-15(19)13(2)18-10-8-16-9-11-18/h12-14,16H,3-11H2,1-2H3,(H,17,19). The lowest BCUT2D eigenvalue weighted by molar-refractivity contribution is -0.127. The molecule has 1 saturated carbocycles. The van der Waals surface area contributed by atoms with Crippen LogP contribution in [0, 0.1) is 5.92 Å². The van der Waals surface area contributed by atoms with E-state index in [4.69, 9.17) is 0 Å². The molecule has 0 spiro atoms. The van der Waals surface area contributed by atoms with Gasteiger partial charge in [-0.15, -0.1) is 0 Å². The normalized spacial score (nSPS) is 25.8. The SMILES string of the molecule is CC(NC(=O)C(C)N1CCNCC1)C1CCCCC1. The molecule has 2 fully saturated rings. The van der Waals surface area contributed by atoms with Crippen LogP contribution in [0.15, 0.2) is 0 Å². The maximum absolute atomic E-state index is 12.3. The van der Waals surface area contributed by atoms with E-state index in [0.717, 1.165) is 26.2 Å². The molecule has 0 aromatic carbocycles. The fourth-order valence-electron chi connectivity index (χ4n) is 3.33. The third-order valence-electron chi connectivity index (χ3n) is 4.81. The van der Waals surface area contributed by atoms with Crippen LogP contribution in [-0.2, 0) is 4.79 Å². The molecular weight excluding hydrogens is 238 g/mol. The Morgan fingerprint density at radius 3 is 2.42 bits per heavy atom. The van der Waals surface area contributed by atoms with Gasteiger partial charge in [0.1, 0.15) is 0 Å². The van der Waals surface area contributed by atoms with Crippen molar-refractivity contribution in [1.29, 1.82) is 0 Å². The summed E-state index contributed by atoms with van der Waals surface area (Å²) in [7, 11) is 0. The van der Waals surface area contributed by atoms with E-state index in [-0.39, 0.29) is 11.9 Å². The fourth-order valence-corrected chi connectivity index (χ4v) is 3.33. The summed E-state index contributed by atoms with van der Waals surface area (Å²) in [5.41, 5.74) is 0. The molecule has 2 atom stereocenters. The molecule has 19 heavy (non-hydrogen) atoms. The molecule has 1 heterocycles. The summed E-state index contributed by atoms with van der Waals surface area (Å²) >= 11 is 0. The van der Waals surface area contributed by atoms with Crippen molar-refractivity contribution < 1.29 is 4.79 Å². The van der Waals surface area contributed by atoms with Crippen LogP contribution in [0.2, 0.25) is 0 Å². The van der Waals surface area contributed by atoms with E-state index in [1.165, 1.54) is 32.1 Å². The number of piperazine rings is 1. The summed E-state index contributed by atoms with van der Waals surface area (Å²) in [6.45, 7) is 8.16. The smallest absolute Gasteiger partial charge is 0.237 e. The predicted octanol–water partition coefficient (Wildman–Crippen LogP) is 1.37. The van der Waals surface area contributed by atoms with Crippen LogP contribution >= 0.6 is 0 Å². The second kappa shape index (κ2) is 7.25. The Labute approximate surface area is 117 Å². The first kappa shape index (κ1) is 14.8. The van der Waals surface area contributed by atoms with Crippen LogP contribution in [-0.4, -0.2) is 49.1 Å². The molecular formula is C15H29N3O. The van der Waals surface area contributed by atoms with E-state index in [0.29, 0.717) is 12.0 Å². The molecule has 2 unspecified atom stereocenters. The number of amides is 1. The molecule has 1 saturated heterocycles. The van der Waals surface area contributed by atoms with Crippen molar-refractivity contribution in [3.63, 3.8) is 0 Å². The van der Waals surface area contributed by atoms with E-state index in [1.807, 2.05) is 6.92 Å². The van der Waals surface area contributed by atoms with Crippen molar-refractivity contribution in [2.75, 3.05) is 26.2 Å². The van der Waals surface area contributed by atoms with Gasteiger partial charge in [-0.25, -0.2) is 0 Å². The van der Waals surface area contributed by atoms with Gasteiger partial charge in [0.05, 0.1) is 6.04 Å². The Balaban J connectivity index is 1.78. The van der Waals surface area contributed by atoms with Crippen LogP contribution in [0.4, 0.5) is 0 Å². The van der Waals surface area contributed by atoms with E-state index in [1.54, 1.807) is 0 Å². The van der Waals surface area contributed by atoms with E-state index in [9.17, 15) is 4.79 Å². The zero-order chi connectivity index (χ0) is 13.7. The maximum atomic E-state index is 12.3. The Hall–Kier alpha value is -0.610. The van der Waals surface area contributed by atoms with Crippen molar-refractivity contribution in [2.24, 2.45) is 5.92 Å². The molecule has 0 aromatic heterocycles. The van der Waals surface area contributed by atoms with Gasteiger partial charge in [0, 0.05) is 32.2 Å². The van der Waals surface area contributed by atoms with E-state index >= 15 is 0 Å². The lowest BCUT2D eigenvalue weighted by atomic mass is 9.84. The summed E-state index contributed by atoms with van der Waals surface area (Å²) in [5, 5.41) is 6.57. The average molecular weight is 267 g/mol. The molecule has 1 aliphatic carbocycles. The van der Waals surface area contributed by atoms with E-state index < -0.39 is 0 Å². The monoisotopic (exact) mass is 267 g/mol. The number of carbonyl (C=O) groups is 1. The second-order valence-electron chi connectivity index (χ2n) is 6.16. The number of nitrogens with zero attached hydrogens (tertiary/aromatic N) is 1. The molecule has 0 bridgehead atoms. The summed E-state index contributed by atoms with van der Waals surface area (Å²) in [6.07, 6.45) is 6.59. The maximum Gasteiger partial charge on any atom is 0.237 e. The van der Waals surface area contributed by atoms with E-state index in [2.05, 4.69) is 22.5 Å². The van der Waals surface area contributed by atoms with Crippen LogP contribution < -0.4 is 10.6 Å². The molecule has 1 amide bonds. The molecule has 0 radical (unpaired) electrons. The summed E-state index contributed by atoms with van der Waals surface area (Å²) in [4.78, 5) is 14.6. The Kier molecular flexibility index (Phi) is 5.64. The highest BCUT2D eigenvalue weighted by molar-refractivity contribution is 5.81. The highest BCUT2D eigenvalue weighted by Crippen LogP contribution is 2.26. The number of hydrogen-bond donors (Lipinski definition) is 2. The quantitative estimate of drug-likeness (QED) is 0.808. The van der Waals surface area contributed by atoms with Crippen molar-refractivity contribution in [1.82, 2.24) is 15.5 Å². The van der Waals surface area contributed by atoms with Gasteiger partial charge in [0.15, 0.2) is 0 Å². The van der Waals surface area contributed by atoms with Crippen molar-refractivity contribution in [3.8, 4) is 0 Å². The van der Waals surface area contributed by atoms with Gasteiger partial charge in [0.2, 0.25) is 5.91 Å². The third-order valence-corrected chi connectivity index (χ3v) is 4.81. The van der Waals surface area contributed by atoms with Crippen LogP contribution in [0.5, 0.6) is 0 Å². The van der Waals surface area contributed by atoms with Gasteiger partial charge in [-0.2, -0.15) is 0 Å². The number of rotatable bonds is 4. The van der Waals surface area contributed by atoms with Crippen LogP contribution in [0.3, 0.4) is 0 Å². The Bertz CT molecular complexity index is 283. The number of nitrogens with one attached hydrogen (secondary N) is 2. The fraction of sp³-hybridized carbons (Fsp3) is 0.933. The zero-order valence-corrected chi connectivity index (χ0v) is 12.5. The Morgan fingerprint density at radius 2 is 1.79 bits per heavy atom. The lowest BCUT2D eigenvalue weighted by Crippen LogP contribution is -2.54. The highest BCUT2D eigenvalue weighted by atomic mass is 16.2. The molecule has 0 aromatic rings. The predicted molar refractivity (Wildman–Crippen MR) is 78.1 cm³/mol. The van der Waals surface area contributed by atoms with Crippen molar-refractivity contribution in [2.45, 2.75) is 58.0 Å². The van der Waals surface area contributed by atoms with Crippen LogP contribution in [0.1, 0.15) is 46.0 Å².